The Balaban J connectivity index is 1.92. The molecule has 1 aliphatic rings. The Hall–Kier alpha value is -0.870. The summed E-state index contributed by atoms with van der Waals surface area (Å²) in [5.41, 5.74) is 2.42. The molecule has 3 nitrogen and oxygen atoms in total. The first-order chi connectivity index (χ1) is 8.16. The molecule has 1 fully saturated rings. The lowest BCUT2D eigenvalue weighted by Crippen LogP contribution is -2.47. The Labute approximate surface area is 110 Å². The summed E-state index contributed by atoms with van der Waals surface area (Å²) in [5, 5.41) is 6.18. The molecule has 0 radical (unpaired) electrons. The van der Waals surface area contributed by atoms with Gasteiger partial charge in [-0.3, -0.25) is 4.79 Å². The van der Waals surface area contributed by atoms with Crippen LogP contribution in [0.25, 0.3) is 0 Å². The fourth-order valence-electron chi connectivity index (χ4n) is 1.95. The predicted molar refractivity (Wildman–Crippen MR) is 71.8 cm³/mol. The van der Waals surface area contributed by atoms with E-state index in [9.17, 15) is 4.79 Å². The molecule has 1 amide bonds. The summed E-state index contributed by atoms with van der Waals surface area (Å²) >= 11 is 3.52. The first-order valence-corrected chi connectivity index (χ1v) is 6.72. The van der Waals surface area contributed by atoms with Gasteiger partial charge in [-0.25, -0.2) is 0 Å². The second kappa shape index (κ2) is 5.65. The van der Waals surface area contributed by atoms with Crippen LogP contribution >= 0.6 is 15.9 Å². The summed E-state index contributed by atoms with van der Waals surface area (Å²) in [4.78, 5) is 11.6. The average Bonchev–Trinajstić information content (AvgIpc) is 2.32. The third-order valence-corrected chi connectivity index (χ3v) is 3.93. The number of rotatable bonds is 3. The molecule has 0 spiro atoms. The van der Waals surface area contributed by atoms with Crippen LogP contribution in [0, 0.1) is 6.92 Å². The van der Waals surface area contributed by atoms with E-state index in [1.807, 2.05) is 0 Å². The number of hydrogen-bond donors (Lipinski definition) is 2. The fourth-order valence-corrected chi connectivity index (χ4v) is 2.38. The maximum atomic E-state index is 11.6. The molecule has 0 saturated carbocycles. The number of nitrogens with one attached hydrogen (secondary N) is 2. The first kappa shape index (κ1) is 12.6. The normalized spacial score (nSPS) is 20.1. The van der Waals surface area contributed by atoms with Gasteiger partial charge in [0, 0.05) is 17.6 Å². The number of hydrogen-bond acceptors (Lipinski definition) is 2. The highest BCUT2D eigenvalue weighted by molar-refractivity contribution is 9.10. The maximum absolute atomic E-state index is 11.6. The number of carbonyl (C=O) groups excluding carboxylic acids is 1. The minimum absolute atomic E-state index is 0.0381. The van der Waals surface area contributed by atoms with E-state index in [4.69, 9.17) is 0 Å². The van der Waals surface area contributed by atoms with Gasteiger partial charge < -0.3 is 10.6 Å². The Morgan fingerprint density at radius 3 is 3.06 bits per heavy atom. The molecule has 0 bridgehead atoms. The lowest BCUT2D eigenvalue weighted by molar-refractivity contribution is -0.124. The molecule has 1 saturated heterocycles. The molecule has 2 rings (SSSR count). The van der Waals surface area contributed by atoms with Crippen molar-refractivity contribution in [1.82, 2.24) is 10.6 Å². The van der Waals surface area contributed by atoms with Gasteiger partial charge in [-0.2, -0.15) is 0 Å². The van der Waals surface area contributed by atoms with Gasteiger partial charge in [0.2, 0.25) is 5.91 Å². The number of piperidine rings is 1. The van der Waals surface area contributed by atoms with Gasteiger partial charge in [0.1, 0.15) is 0 Å². The molecular formula is C13H17BrN2O. The van der Waals surface area contributed by atoms with Crippen LogP contribution in [0.5, 0.6) is 0 Å². The Kier molecular flexibility index (Phi) is 4.18. The highest BCUT2D eigenvalue weighted by atomic mass is 79.9. The van der Waals surface area contributed by atoms with Crippen LogP contribution in [0.4, 0.5) is 0 Å². The maximum Gasteiger partial charge on any atom is 0.237 e. The van der Waals surface area contributed by atoms with Crippen molar-refractivity contribution in [1.29, 1.82) is 0 Å². The lowest BCUT2D eigenvalue weighted by atomic mass is 10.1. The van der Waals surface area contributed by atoms with Crippen LogP contribution in [0.1, 0.15) is 24.0 Å². The standard InChI is InChI=1S/C13H17BrN2O/c1-9-4-5-10(7-11(9)14)8-16-12-3-2-6-15-13(12)17/h4-5,7,12,16H,2-3,6,8H2,1H3,(H,15,17). The van der Waals surface area contributed by atoms with E-state index in [2.05, 4.69) is 51.7 Å². The largest absolute Gasteiger partial charge is 0.355 e. The number of benzene rings is 1. The molecule has 1 aromatic rings. The zero-order valence-corrected chi connectivity index (χ0v) is 11.5. The minimum Gasteiger partial charge on any atom is -0.355 e. The number of halogens is 1. The van der Waals surface area contributed by atoms with Gasteiger partial charge in [0.05, 0.1) is 6.04 Å². The molecular weight excluding hydrogens is 280 g/mol. The minimum atomic E-state index is -0.0381. The second-order valence-corrected chi connectivity index (χ2v) is 5.30. The predicted octanol–water partition coefficient (Wildman–Crippen LogP) is 2.13. The summed E-state index contributed by atoms with van der Waals surface area (Å²) in [6.07, 6.45) is 1.99. The van der Waals surface area contributed by atoms with E-state index >= 15 is 0 Å². The fraction of sp³-hybridized carbons (Fsp3) is 0.462. The van der Waals surface area contributed by atoms with Crippen molar-refractivity contribution in [3.63, 3.8) is 0 Å². The molecule has 0 aliphatic carbocycles. The van der Waals surface area contributed by atoms with E-state index in [0.29, 0.717) is 0 Å². The van der Waals surface area contributed by atoms with Crippen molar-refractivity contribution in [2.45, 2.75) is 32.4 Å². The average molecular weight is 297 g/mol. The molecule has 2 N–H and O–H groups in total. The topological polar surface area (TPSA) is 41.1 Å². The third kappa shape index (κ3) is 3.30. The van der Waals surface area contributed by atoms with Gasteiger partial charge in [0.15, 0.2) is 0 Å². The zero-order valence-electron chi connectivity index (χ0n) is 9.92. The van der Waals surface area contributed by atoms with Crippen molar-refractivity contribution in [2.24, 2.45) is 0 Å². The molecule has 17 heavy (non-hydrogen) atoms. The second-order valence-electron chi connectivity index (χ2n) is 4.45. The molecule has 4 heteroatoms. The van der Waals surface area contributed by atoms with E-state index < -0.39 is 0 Å². The number of aryl methyl sites for hydroxylation is 1. The van der Waals surface area contributed by atoms with Gasteiger partial charge in [0.25, 0.3) is 0 Å². The Bertz CT molecular complexity index is 420. The summed E-state index contributed by atoms with van der Waals surface area (Å²) in [7, 11) is 0. The van der Waals surface area contributed by atoms with Crippen LogP contribution in [-0.2, 0) is 11.3 Å². The SMILES string of the molecule is Cc1ccc(CNC2CCCNC2=O)cc1Br. The third-order valence-electron chi connectivity index (χ3n) is 3.07. The Morgan fingerprint density at radius 1 is 1.53 bits per heavy atom. The molecule has 0 aromatic heterocycles. The van der Waals surface area contributed by atoms with Crippen LogP contribution in [0.2, 0.25) is 0 Å². The highest BCUT2D eigenvalue weighted by Crippen LogP contribution is 2.17. The monoisotopic (exact) mass is 296 g/mol. The van der Waals surface area contributed by atoms with Crippen molar-refractivity contribution in [2.75, 3.05) is 6.54 Å². The smallest absolute Gasteiger partial charge is 0.237 e. The number of carbonyl (C=O) groups is 1. The van der Waals surface area contributed by atoms with Gasteiger partial charge in [-0.15, -0.1) is 0 Å². The van der Waals surface area contributed by atoms with Gasteiger partial charge in [-0.05, 0) is 37.0 Å². The summed E-state index contributed by atoms with van der Waals surface area (Å²) in [5.74, 6) is 0.127. The van der Waals surface area contributed by atoms with Crippen LogP contribution in [0.15, 0.2) is 22.7 Å². The van der Waals surface area contributed by atoms with E-state index in [1.165, 1.54) is 11.1 Å². The van der Waals surface area contributed by atoms with Gasteiger partial charge >= 0.3 is 0 Å². The van der Waals surface area contributed by atoms with Crippen LogP contribution < -0.4 is 10.6 Å². The van der Waals surface area contributed by atoms with Crippen LogP contribution in [-0.4, -0.2) is 18.5 Å². The quantitative estimate of drug-likeness (QED) is 0.897. The molecule has 1 aliphatic heterocycles. The summed E-state index contributed by atoms with van der Waals surface area (Å²) < 4.78 is 1.12. The van der Waals surface area contributed by atoms with E-state index in [-0.39, 0.29) is 11.9 Å². The van der Waals surface area contributed by atoms with Crippen molar-refractivity contribution in [3.05, 3.63) is 33.8 Å². The summed E-state index contributed by atoms with van der Waals surface area (Å²) in [6.45, 7) is 3.61. The zero-order chi connectivity index (χ0) is 12.3. The van der Waals surface area contributed by atoms with E-state index in [1.54, 1.807) is 0 Å². The van der Waals surface area contributed by atoms with Crippen molar-refractivity contribution >= 4 is 21.8 Å². The Morgan fingerprint density at radius 2 is 2.35 bits per heavy atom. The molecule has 92 valence electrons. The molecule has 1 unspecified atom stereocenters. The van der Waals surface area contributed by atoms with E-state index in [0.717, 1.165) is 30.4 Å². The molecule has 1 aromatic carbocycles. The van der Waals surface area contributed by atoms with Crippen LogP contribution in [0.3, 0.4) is 0 Å². The summed E-state index contributed by atoms with van der Waals surface area (Å²) in [6, 6.07) is 6.24. The first-order valence-electron chi connectivity index (χ1n) is 5.93. The molecule has 1 atom stereocenters. The number of amides is 1. The van der Waals surface area contributed by atoms with Gasteiger partial charge in [-0.1, -0.05) is 28.1 Å². The lowest BCUT2D eigenvalue weighted by Gasteiger charge is -2.22. The highest BCUT2D eigenvalue weighted by Gasteiger charge is 2.20. The van der Waals surface area contributed by atoms with Crippen molar-refractivity contribution in [3.8, 4) is 0 Å². The molecule has 1 heterocycles. The van der Waals surface area contributed by atoms with Crippen molar-refractivity contribution < 1.29 is 4.79 Å².